The van der Waals surface area contributed by atoms with Gasteiger partial charge in [-0.3, -0.25) is 0 Å². The zero-order valence-electron chi connectivity index (χ0n) is 7.98. The molecule has 1 aromatic rings. The van der Waals surface area contributed by atoms with Crippen LogP contribution in [0.1, 0.15) is 24.0 Å². The molecule has 0 radical (unpaired) electrons. The summed E-state index contributed by atoms with van der Waals surface area (Å²) in [6.45, 7) is 1.53. The predicted octanol–water partition coefficient (Wildman–Crippen LogP) is 3.41. The van der Waals surface area contributed by atoms with Crippen molar-refractivity contribution in [2.24, 2.45) is 0 Å². The van der Waals surface area contributed by atoms with Crippen LogP contribution in [0.5, 0.6) is 0 Å². The number of aliphatic hydroxyl groups excluding tert-OH is 1. The molecule has 1 unspecified atom stereocenters. The van der Waals surface area contributed by atoms with E-state index in [1.54, 1.807) is 35.6 Å². The van der Waals surface area contributed by atoms with Gasteiger partial charge in [-0.05, 0) is 40.3 Å². The van der Waals surface area contributed by atoms with E-state index in [9.17, 15) is 13.2 Å². The molecule has 0 saturated carbocycles. The van der Waals surface area contributed by atoms with Gasteiger partial charge in [0.1, 0.15) is 0 Å². The molecule has 0 fully saturated rings. The summed E-state index contributed by atoms with van der Waals surface area (Å²) in [7, 11) is 0. The van der Waals surface area contributed by atoms with Crippen LogP contribution in [-0.2, 0) is 6.18 Å². The maximum Gasteiger partial charge on any atom is 0.417 e. The summed E-state index contributed by atoms with van der Waals surface area (Å²) in [5.41, 5.74) is -0.133. The van der Waals surface area contributed by atoms with Crippen molar-refractivity contribution in [3.8, 4) is 0 Å². The van der Waals surface area contributed by atoms with Gasteiger partial charge in [0, 0.05) is 16.1 Å². The number of rotatable bonds is 2. The summed E-state index contributed by atoms with van der Waals surface area (Å²) in [6.07, 6.45) is -4.33. The third-order valence-corrected chi connectivity index (χ3v) is 3.08. The van der Waals surface area contributed by atoms with Crippen molar-refractivity contribution in [1.82, 2.24) is 0 Å². The third-order valence-electron chi connectivity index (χ3n) is 2.14. The first-order chi connectivity index (χ1) is 6.86. The first-order valence-corrected chi connectivity index (χ1v) is 5.41. The minimum absolute atomic E-state index is 0.155. The maximum absolute atomic E-state index is 12.5. The van der Waals surface area contributed by atoms with Crippen molar-refractivity contribution in [2.75, 3.05) is 6.61 Å². The third kappa shape index (κ3) is 3.07. The Labute approximate surface area is 99.4 Å². The van der Waals surface area contributed by atoms with Gasteiger partial charge < -0.3 is 5.11 Å². The molecule has 0 aromatic heterocycles. The van der Waals surface area contributed by atoms with Gasteiger partial charge in [-0.2, -0.15) is 13.2 Å². The summed E-state index contributed by atoms with van der Waals surface area (Å²) < 4.78 is 37.8. The second kappa shape index (κ2) is 4.69. The minimum Gasteiger partial charge on any atom is -0.396 e. The number of halogens is 4. The van der Waals surface area contributed by atoms with Crippen molar-refractivity contribution in [3.63, 3.8) is 0 Å². The van der Waals surface area contributed by atoms with Crippen molar-refractivity contribution < 1.29 is 18.3 Å². The highest BCUT2D eigenvalue weighted by molar-refractivity contribution is 14.1. The molecule has 1 nitrogen and oxygen atoms in total. The largest absolute Gasteiger partial charge is 0.417 e. The second-order valence-corrected chi connectivity index (χ2v) is 4.48. The Balaban J connectivity index is 3.17. The Kier molecular flexibility index (Phi) is 3.99. The molecule has 5 heteroatoms. The molecule has 0 saturated heterocycles. The van der Waals surface area contributed by atoms with Crippen LogP contribution in [0.2, 0.25) is 0 Å². The molecule has 0 heterocycles. The SMILES string of the molecule is CC(CO)c1ccc(I)c(C(F)(F)F)c1. The van der Waals surface area contributed by atoms with E-state index < -0.39 is 11.7 Å². The monoisotopic (exact) mass is 330 g/mol. The fraction of sp³-hybridized carbons (Fsp3) is 0.400. The molecule has 15 heavy (non-hydrogen) atoms. The van der Waals surface area contributed by atoms with Gasteiger partial charge in [-0.15, -0.1) is 0 Å². The Morgan fingerprint density at radius 1 is 1.40 bits per heavy atom. The molecular weight excluding hydrogens is 320 g/mol. The van der Waals surface area contributed by atoms with E-state index in [0.29, 0.717) is 5.56 Å². The number of hydrogen-bond donors (Lipinski definition) is 1. The Bertz CT molecular complexity index is 349. The van der Waals surface area contributed by atoms with E-state index in [1.165, 1.54) is 6.07 Å². The first kappa shape index (κ1) is 12.8. The van der Waals surface area contributed by atoms with E-state index >= 15 is 0 Å². The van der Waals surface area contributed by atoms with Gasteiger partial charge in [-0.25, -0.2) is 0 Å². The van der Waals surface area contributed by atoms with Crippen molar-refractivity contribution >= 4 is 22.6 Å². The van der Waals surface area contributed by atoms with Crippen LogP contribution in [0.4, 0.5) is 13.2 Å². The lowest BCUT2D eigenvalue weighted by atomic mass is 10.00. The molecule has 0 aliphatic heterocycles. The Morgan fingerprint density at radius 2 is 2.00 bits per heavy atom. The number of alkyl halides is 3. The van der Waals surface area contributed by atoms with Crippen LogP contribution in [0.3, 0.4) is 0 Å². The standard InChI is InChI=1S/C10H10F3IO/c1-6(5-15)7-2-3-9(14)8(4-7)10(11,12)13/h2-4,6,15H,5H2,1H3. The fourth-order valence-electron chi connectivity index (χ4n) is 1.17. The van der Waals surface area contributed by atoms with Crippen molar-refractivity contribution in [3.05, 3.63) is 32.9 Å². The Morgan fingerprint density at radius 3 is 2.47 bits per heavy atom. The second-order valence-electron chi connectivity index (χ2n) is 3.32. The average molecular weight is 330 g/mol. The lowest BCUT2D eigenvalue weighted by Crippen LogP contribution is -2.09. The zero-order valence-corrected chi connectivity index (χ0v) is 10.1. The van der Waals surface area contributed by atoms with Gasteiger partial charge in [0.2, 0.25) is 0 Å². The van der Waals surface area contributed by atoms with E-state index in [-0.39, 0.29) is 16.1 Å². The molecule has 1 atom stereocenters. The smallest absolute Gasteiger partial charge is 0.396 e. The average Bonchev–Trinajstić information content (AvgIpc) is 2.15. The molecule has 1 aromatic carbocycles. The Hall–Kier alpha value is -0.300. The minimum atomic E-state index is -4.33. The summed E-state index contributed by atoms with van der Waals surface area (Å²) >= 11 is 1.66. The molecule has 0 aliphatic rings. The van der Waals surface area contributed by atoms with Crippen molar-refractivity contribution in [1.29, 1.82) is 0 Å². The molecule has 0 amide bonds. The summed E-state index contributed by atoms with van der Waals surface area (Å²) in [6, 6.07) is 4.13. The van der Waals surface area contributed by atoms with Crippen LogP contribution in [0.25, 0.3) is 0 Å². The topological polar surface area (TPSA) is 20.2 Å². The highest BCUT2D eigenvalue weighted by atomic mass is 127. The van der Waals surface area contributed by atoms with Crippen LogP contribution < -0.4 is 0 Å². The van der Waals surface area contributed by atoms with E-state index in [1.807, 2.05) is 0 Å². The maximum atomic E-state index is 12.5. The van der Waals surface area contributed by atoms with Gasteiger partial charge >= 0.3 is 6.18 Å². The van der Waals surface area contributed by atoms with Crippen LogP contribution >= 0.6 is 22.6 Å². The van der Waals surface area contributed by atoms with E-state index in [4.69, 9.17) is 5.11 Å². The summed E-state index contributed by atoms with van der Waals surface area (Å²) in [5.74, 6) is -0.275. The van der Waals surface area contributed by atoms with E-state index in [2.05, 4.69) is 0 Å². The van der Waals surface area contributed by atoms with Crippen LogP contribution in [-0.4, -0.2) is 11.7 Å². The van der Waals surface area contributed by atoms with E-state index in [0.717, 1.165) is 6.07 Å². The molecule has 0 bridgehead atoms. The quantitative estimate of drug-likeness (QED) is 0.824. The van der Waals surface area contributed by atoms with Gasteiger partial charge in [0.25, 0.3) is 0 Å². The fourth-order valence-corrected chi connectivity index (χ4v) is 1.81. The lowest BCUT2D eigenvalue weighted by Gasteiger charge is -2.13. The molecule has 1 rings (SSSR count). The number of aliphatic hydroxyl groups is 1. The zero-order chi connectivity index (χ0) is 11.6. The van der Waals surface area contributed by atoms with Gasteiger partial charge in [0.05, 0.1) is 5.56 Å². The predicted molar refractivity (Wildman–Crippen MR) is 59.7 cm³/mol. The van der Waals surface area contributed by atoms with Crippen molar-refractivity contribution in [2.45, 2.75) is 19.0 Å². The molecule has 0 aliphatic carbocycles. The number of benzene rings is 1. The number of hydrogen-bond acceptors (Lipinski definition) is 1. The van der Waals surface area contributed by atoms with Gasteiger partial charge in [0.15, 0.2) is 0 Å². The normalized spacial score (nSPS) is 14.0. The van der Waals surface area contributed by atoms with Crippen LogP contribution in [0, 0.1) is 3.57 Å². The summed E-state index contributed by atoms with van der Waals surface area (Å²) in [5, 5.41) is 8.87. The van der Waals surface area contributed by atoms with Gasteiger partial charge in [-0.1, -0.05) is 13.0 Å². The van der Waals surface area contributed by atoms with Crippen LogP contribution in [0.15, 0.2) is 18.2 Å². The summed E-state index contributed by atoms with van der Waals surface area (Å²) in [4.78, 5) is 0. The molecule has 0 spiro atoms. The lowest BCUT2D eigenvalue weighted by molar-refractivity contribution is -0.138. The molecular formula is C10H10F3IO. The highest BCUT2D eigenvalue weighted by Gasteiger charge is 2.33. The first-order valence-electron chi connectivity index (χ1n) is 4.33. The molecule has 84 valence electrons. The molecule has 1 N–H and O–H groups in total. The highest BCUT2D eigenvalue weighted by Crippen LogP contribution is 2.34.